The van der Waals surface area contributed by atoms with E-state index in [0.717, 1.165) is 47.5 Å². The Morgan fingerprint density at radius 1 is 1.36 bits per heavy atom. The number of thioether (sulfide) groups is 1. The van der Waals surface area contributed by atoms with Crippen molar-refractivity contribution in [3.63, 3.8) is 0 Å². The number of likely N-dealkylation sites (tertiary alicyclic amines) is 1. The maximum absolute atomic E-state index is 12.4. The molecule has 1 unspecified atom stereocenters. The zero-order valence-electron chi connectivity index (χ0n) is 19.3. The van der Waals surface area contributed by atoms with Crippen LogP contribution in [0.3, 0.4) is 0 Å². The fourth-order valence-electron chi connectivity index (χ4n) is 3.52. The molecule has 180 valence electrons. The zero-order chi connectivity index (χ0) is 24.5. The summed E-state index contributed by atoms with van der Waals surface area (Å²) in [6, 6.07) is 7.13. The largest absolute Gasteiger partial charge is 0.435 e. The van der Waals surface area contributed by atoms with E-state index >= 15 is 0 Å². The molecule has 1 fully saturated rings. The molecule has 0 saturated carbocycles. The minimum absolute atomic E-state index is 0.107. The molecule has 1 amide bonds. The van der Waals surface area contributed by atoms with E-state index in [-0.39, 0.29) is 11.7 Å². The van der Waals surface area contributed by atoms with Gasteiger partial charge in [0, 0.05) is 47.6 Å². The predicted molar refractivity (Wildman–Crippen MR) is 130 cm³/mol. The SMILES string of the molecule is CC(=N)c1cnc(Cl)cc1C.CCCc1cc(SC2CCN(C(C)=O)C2)ccc1OC(F)F. The Morgan fingerprint density at radius 2 is 2.09 bits per heavy atom. The minimum atomic E-state index is -2.80. The Morgan fingerprint density at radius 3 is 2.64 bits per heavy atom. The van der Waals surface area contributed by atoms with Gasteiger partial charge in [-0.3, -0.25) is 4.79 Å². The Labute approximate surface area is 203 Å². The van der Waals surface area contributed by atoms with E-state index in [0.29, 0.717) is 22.5 Å². The second-order valence-electron chi connectivity index (χ2n) is 7.84. The summed E-state index contributed by atoms with van der Waals surface area (Å²) in [7, 11) is 0. The second-order valence-corrected chi connectivity index (χ2v) is 9.60. The third-order valence-corrected chi connectivity index (χ3v) is 6.59. The van der Waals surface area contributed by atoms with Crippen LogP contribution >= 0.6 is 23.4 Å². The van der Waals surface area contributed by atoms with Crippen LogP contribution in [0.5, 0.6) is 5.75 Å². The molecular formula is C24H30ClF2N3O2S. The standard InChI is InChI=1S/C16H21F2NO2S.C8H9ClN2/c1-3-4-12-9-13(5-6-15(12)21-16(17)18)22-14-7-8-19(10-14)11(2)20;1-5-3-8(9)11-4-7(5)6(2)10/h5-6,9,14,16H,3-4,7-8,10H2,1-2H3;3-4,10H,1-2H3. The van der Waals surface area contributed by atoms with Crippen molar-refractivity contribution >= 4 is 35.0 Å². The number of carbonyl (C=O) groups excluding carboxylic acids is 1. The van der Waals surface area contributed by atoms with Gasteiger partial charge in [-0.2, -0.15) is 8.78 Å². The van der Waals surface area contributed by atoms with E-state index in [9.17, 15) is 13.6 Å². The number of alkyl halides is 2. The molecule has 1 atom stereocenters. The van der Waals surface area contributed by atoms with Crippen molar-refractivity contribution in [3.05, 3.63) is 52.3 Å². The van der Waals surface area contributed by atoms with Crippen LogP contribution < -0.4 is 4.74 Å². The molecule has 2 heterocycles. The average molecular weight is 498 g/mol. The Bertz CT molecular complexity index is 975. The molecule has 33 heavy (non-hydrogen) atoms. The topological polar surface area (TPSA) is 66.3 Å². The first-order valence-corrected chi connectivity index (χ1v) is 12.0. The van der Waals surface area contributed by atoms with Gasteiger partial charge in [0.05, 0.1) is 0 Å². The van der Waals surface area contributed by atoms with Gasteiger partial charge in [-0.15, -0.1) is 11.8 Å². The number of benzene rings is 1. The first-order valence-electron chi connectivity index (χ1n) is 10.8. The average Bonchev–Trinajstić information content (AvgIpc) is 3.19. The highest BCUT2D eigenvalue weighted by Gasteiger charge is 2.25. The summed E-state index contributed by atoms with van der Waals surface area (Å²) in [6.07, 6.45) is 4.17. The number of rotatable bonds is 7. The molecular weight excluding hydrogens is 468 g/mol. The van der Waals surface area contributed by atoms with E-state index in [1.165, 1.54) is 0 Å². The van der Waals surface area contributed by atoms with E-state index in [4.69, 9.17) is 17.0 Å². The number of hydrogen-bond acceptors (Lipinski definition) is 5. The molecule has 1 aromatic heterocycles. The summed E-state index contributed by atoms with van der Waals surface area (Å²) in [5.74, 6) is 0.369. The number of pyridine rings is 1. The summed E-state index contributed by atoms with van der Waals surface area (Å²) in [5, 5.41) is 8.20. The third-order valence-electron chi connectivity index (χ3n) is 5.14. The molecule has 0 radical (unpaired) electrons. The van der Waals surface area contributed by atoms with Crippen LogP contribution in [0.4, 0.5) is 8.78 Å². The Balaban J connectivity index is 0.000000294. The number of halogens is 3. The molecule has 1 N–H and O–H groups in total. The molecule has 0 bridgehead atoms. The third kappa shape index (κ3) is 8.59. The fourth-order valence-corrected chi connectivity index (χ4v) is 4.95. The highest BCUT2D eigenvalue weighted by atomic mass is 35.5. The van der Waals surface area contributed by atoms with Crippen LogP contribution in [0.25, 0.3) is 0 Å². The fraction of sp³-hybridized carbons (Fsp3) is 0.458. The quantitative estimate of drug-likeness (QED) is 0.356. The second kappa shape index (κ2) is 12.9. The van der Waals surface area contributed by atoms with Gasteiger partial charge >= 0.3 is 6.61 Å². The zero-order valence-corrected chi connectivity index (χ0v) is 20.9. The number of nitrogens with one attached hydrogen (secondary N) is 1. The van der Waals surface area contributed by atoms with Crippen LogP contribution in [0.1, 0.15) is 50.3 Å². The smallest absolute Gasteiger partial charge is 0.387 e. The monoisotopic (exact) mass is 497 g/mol. The van der Waals surface area contributed by atoms with Gasteiger partial charge in [0.2, 0.25) is 5.91 Å². The van der Waals surface area contributed by atoms with Gasteiger partial charge in [0.15, 0.2) is 0 Å². The highest BCUT2D eigenvalue weighted by Crippen LogP contribution is 2.33. The molecule has 3 rings (SSSR count). The maximum Gasteiger partial charge on any atom is 0.387 e. The van der Waals surface area contributed by atoms with E-state index in [1.54, 1.807) is 43.9 Å². The summed E-state index contributed by atoms with van der Waals surface area (Å²) in [6.45, 7) is 5.99. The van der Waals surface area contributed by atoms with E-state index in [2.05, 4.69) is 9.72 Å². The van der Waals surface area contributed by atoms with Crippen LogP contribution in [-0.2, 0) is 11.2 Å². The molecule has 0 spiro atoms. The van der Waals surface area contributed by atoms with Crippen molar-refractivity contribution < 1.29 is 18.3 Å². The summed E-state index contributed by atoms with van der Waals surface area (Å²) in [5.41, 5.74) is 3.19. The molecule has 9 heteroatoms. The van der Waals surface area contributed by atoms with Gasteiger partial charge in [0.25, 0.3) is 0 Å². The van der Waals surface area contributed by atoms with Crippen molar-refractivity contribution in [2.75, 3.05) is 13.1 Å². The Hall–Kier alpha value is -2.19. The van der Waals surface area contributed by atoms with Crippen LogP contribution in [0, 0.1) is 12.3 Å². The number of aryl methyl sites for hydroxylation is 2. The van der Waals surface area contributed by atoms with E-state index < -0.39 is 6.61 Å². The van der Waals surface area contributed by atoms with Gasteiger partial charge < -0.3 is 15.0 Å². The van der Waals surface area contributed by atoms with Crippen molar-refractivity contribution in [2.24, 2.45) is 0 Å². The summed E-state index contributed by atoms with van der Waals surface area (Å²) in [4.78, 5) is 18.1. The first kappa shape index (κ1) is 27.1. The number of aromatic nitrogens is 1. The van der Waals surface area contributed by atoms with Gasteiger partial charge in [-0.1, -0.05) is 24.9 Å². The lowest BCUT2D eigenvalue weighted by Crippen LogP contribution is -2.26. The number of amides is 1. The summed E-state index contributed by atoms with van der Waals surface area (Å²) >= 11 is 7.34. The van der Waals surface area contributed by atoms with Crippen LogP contribution in [0.2, 0.25) is 5.15 Å². The number of ether oxygens (including phenoxy) is 1. The molecule has 1 aliphatic heterocycles. The molecule has 1 aliphatic rings. The lowest BCUT2D eigenvalue weighted by Gasteiger charge is -2.15. The Kier molecular flexibility index (Phi) is 10.6. The van der Waals surface area contributed by atoms with Crippen molar-refractivity contribution in [1.82, 2.24) is 9.88 Å². The molecule has 1 aromatic carbocycles. The van der Waals surface area contributed by atoms with Crippen molar-refractivity contribution in [2.45, 2.75) is 63.7 Å². The molecule has 1 saturated heterocycles. The first-order chi connectivity index (χ1) is 15.6. The van der Waals surface area contributed by atoms with Gasteiger partial charge in [0.1, 0.15) is 10.9 Å². The van der Waals surface area contributed by atoms with Crippen LogP contribution in [-0.4, -0.2) is 46.5 Å². The van der Waals surface area contributed by atoms with Crippen LogP contribution in [0.15, 0.2) is 35.4 Å². The van der Waals surface area contributed by atoms with Gasteiger partial charge in [-0.05, 0) is 62.1 Å². The lowest BCUT2D eigenvalue weighted by atomic mass is 10.1. The highest BCUT2D eigenvalue weighted by molar-refractivity contribution is 8.00. The molecule has 5 nitrogen and oxygen atoms in total. The number of hydrogen-bond donors (Lipinski definition) is 1. The lowest BCUT2D eigenvalue weighted by molar-refractivity contribution is -0.127. The maximum atomic E-state index is 12.4. The molecule has 2 aromatic rings. The molecule has 0 aliphatic carbocycles. The normalized spacial score (nSPS) is 15.3. The number of nitrogens with zero attached hydrogens (tertiary/aromatic N) is 2. The van der Waals surface area contributed by atoms with Crippen molar-refractivity contribution in [1.29, 1.82) is 5.41 Å². The number of carbonyl (C=O) groups is 1. The van der Waals surface area contributed by atoms with Gasteiger partial charge in [-0.25, -0.2) is 4.98 Å². The van der Waals surface area contributed by atoms with Crippen molar-refractivity contribution in [3.8, 4) is 5.75 Å². The predicted octanol–water partition coefficient (Wildman–Crippen LogP) is 6.38. The minimum Gasteiger partial charge on any atom is -0.435 e. The van der Waals surface area contributed by atoms with E-state index in [1.807, 2.05) is 30.9 Å². The summed E-state index contributed by atoms with van der Waals surface area (Å²) < 4.78 is 29.4.